The van der Waals surface area contributed by atoms with E-state index in [-0.39, 0.29) is 31.6 Å². The van der Waals surface area contributed by atoms with Crippen LogP contribution in [0.15, 0.2) is 107 Å². The van der Waals surface area contributed by atoms with Crippen molar-refractivity contribution in [1.29, 1.82) is 0 Å². The van der Waals surface area contributed by atoms with E-state index in [0.29, 0.717) is 30.6 Å². The zero-order valence-corrected chi connectivity index (χ0v) is 32.3. The summed E-state index contributed by atoms with van der Waals surface area (Å²) in [5.74, 6) is 1.56. The van der Waals surface area contributed by atoms with Crippen LogP contribution in [0.1, 0.15) is 65.5 Å². The van der Waals surface area contributed by atoms with Crippen LogP contribution in [0.3, 0.4) is 0 Å². The fraction of sp³-hybridized carbons (Fsp3) is 0.302. The third kappa shape index (κ3) is 9.35. The molecule has 1 aliphatic heterocycles. The molecule has 0 bridgehead atoms. The maximum Gasteiger partial charge on any atom is 0.159 e. The molecule has 2 heterocycles. The Kier molecular flexibility index (Phi) is 13.0. The first-order valence-corrected chi connectivity index (χ1v) is 17.6. The van der Waals surface area contributed by atoms with Crippen LogP contribution >= 0.6 is 11.8 Å². The van der Waals surface area contributed by atoms with Crippen LogP contribution in [0.4, 0.5) is 0 Å². The number of carbonyl (C=O) groups excluding carboxylic acids is 1. The summed E-state index contributed by atoms with van der Waals surface area (Å²) in [5.41, 5.74) is 10.8. The molecule has 4 aromatic carbocycles. The number of aliphatic hydroxyl groups excluding tert-OH is 1. The van der Waals surface area contributed by atoms with E-state index in [1.165, 1.54) is 54.6 Å². The molecule has 0 spiro atoms. The van der Waals surface area contributed by atoms with Gasteiger partial charge in [-0.25, -0.2) is 0 Å². The number of aromatic nitrogens is 1. The minimum Gasteiger partial charge on any atom is -0.512 e. The summed E-state index contributed by atoms with van der Waals surface area (Å²) in [6.45, 7) is 14.7. The van der Waals surface area contributed by atoms with Crippen molar-refractivity contribution in [2.24, 2.45) is 17.8 Å². The number of allylic oxidation sites excluding steroid dienone is 2. The standard InChI is InChI=1S/C32H26NS.C11H20O2.Ir/c1-20(2)16-23-19-30(33-29-14-12-21(3)17-27(23)29)22-13-15-32-28(18-22)25-9-5-4-8-24(25)26-10-6-7-11-31(26)34-32;1-8(2)5-10(12)7-11(13)6-9(3)4;/h4-12,14-15,17-20H,16H2,1-3H3;7-9,12H,5-6H2,1-4H3;/q-1;;/b;10-7-;. The van der Waals surface area contributed by atoms with Gasteiger partial charge in [0.2, 0.25) is 0 Å². The molecule has 1 radical (unpaired) electrons. The molecule has 0 fully saturated rings. The smallest absolute Gasteiger partial charge is 0.159 e. The molecule has 251 valence electrons. The minimum absolute atomic E-state index is 0. The molecule has 6 rings (SSSR count). The summed E-state index contributed by atoms with van der Waals surface area (Å²) < 4.78 is 0. The Morgan fingerprint density at radius 3 is 2.10 bits per heavy atom. The first kappa shape index (κ1) is 37.3. The molecule has 0 atom stereocenters. The van der Waals surface area contributed by atoms with Crippen molar-refractivity contribution in [2.75, 3.05) is 0 Å². The second kappa shape index (κ2) is 16.7. The molecule has 5 aromatic rings. The van der Waals surface area contributed by atoms with Gasteiger partial charge < -0.3 is 5.11 Å². The molecule has 0 saturated carbocycles. The average Bonchev–Trinajstić information content (AvgIpc) is 3.14. The first-order chi connectivity index (χ1) is 22.5. The van der Waals surface area contributed by atoms with E-state index in [4.69, 9.17) is 4.98 Å². The van der Waals surface area contributed by atoms with Gasteiger partial charge in [0.05, 0.1) is 11.3 Å². The Labute approximate surface area is 304 Å². The third-order valence-electron chi connectivity index (χ3n) is 8.04. The van der Waals surface area contributed by atoms with Crippen LogP contribution in [0.25, 0.3) is 44.4 Å². The Morgan fingerprint density at radius 2 is 1.44 bits per heavy atom. The molecule has 1 aliphatic rings. The van der Waals surface area contributed by atoms with E-state index >= 15 is 0 Å². The topological polar surface area (TPSA) is 50.2 Å². The van der Waals surface area contributed by atoms with Gasteiger partial charge in [0.25, 0.3) is 0 Å². The van der Waals surface area contributed by atoms with E-state index in [9.17, 15) is 9.90 Å². The number of nitrogens with zero attached hydrogens (tertiary/aromatic N) is 1. The van der Waals surface area contributed by atoms with Crippen LogP contribution < -0.4 is 0 Å². The van der Waals surface area contributed by atoms with E-state index < -0.39 is 0 Å². The molecule has 0 saturated heterocycles. The van der Waals surface area contributed by atoms with Crippen LogP contribution in [-0.2, 0) is 31.3 Å². The summed E-state index contributed by atoms with van der Waals surface area (Å²) >= 11 is 1.83. The van der Waals surface area contributed by atoms with Crippen molar-refractivity contribution >= 4 is 28.4 Å². The van der Waals surface area contributed by atoms with Crippen molar-refractivity contribution < 1.29 is 30.0 Å². The number of carbonyl (C=O) groups is 1. The molecule has 1 N–H and O–H groups in total. The number of aliphatic hydroxyl groups is 1. The zero-order valence-electron chi connectivity index (χ0n) is 29.1. The van der Waals surface area contributed by atoms with Gasteiger partial charge in [-0.2, -0.15) is 0 Å². The Morgan fingerprint density at radius 1 is 0.792 bits per heavy atom. The number of hydrogen-bond acceptors (Lipinski definition) is 4. The van der Waals surface area contributed by atoms with Gasteiger partial charge in [-0.3, -0.25) is 9.78 Å². The molecule has 1 aromatic heterocycles. The second-order valence-electron chi connectivity index (χ2n) is 13.9. The van der Waals surface area contributed by atoms with Gasteiger partial charge in [0, 0.05) is 49.3 Å². The SMILES string of the molecule is CC(C)CC(=O)/C=C(\O)CC(C)C.Cc1ccc2nc(-c3[c-]cc4c(c3)-c3ccccc3-c3ccccc3S4)cc(CC(C)C)c2c1.[Ir]. The molecule has 3 nitrogen and oxygen atoms in total. The number of pyridine rings is 1. The predicted octanol–water partition coefficient (Wildman–Crippen LogP) is 12.1. The number of benzene rings is 4. The van der Waals surface area contributed by atoms with Gasteiger partial charge in [-0.15, -0.1) is 35.5 Å². The van der Waals surface area contributed by atoms with Crippen molar-refractivity contribution in [1.82, 2.24) is 4.98 Å². The normalized spacial score (nSPS) is 12.1. The van der Waals surface area contributed by atoms with Crippen molar-refractivity contribution in [3.8, 4) is 33.5 Å². The van der Waals surface area contributed by atoms with Crippen molar-refractivity contribution in [3.05, 3.63) is 114 Å². The summed E-state index contributed by atoms with van der Waals surface area (Å²) in [5, 5.41) is 10.6. The molecule has 5 heteroatoms. The summed E-state index contributed by atoms with van der Waals surface area (Å²) in [4.78, 5) is 18.8. The summed E-state index contributed by atoms with van der Waals surface area (Å²) in [6, 6.07) is 34.3. The Bertz CT molecular complexity index is 1920. The van der Waals surface area contributed by atoms with Crippen LogP contribution in [0.5, 0.6) is 0 Å². The molecule has 0 unspecified atom stereocenters. The number of ketones is 1. The fourth-order valence-corrected chi connectivity index (χ4v) is 7.12. The van der Waals surface area contributed by atoms with E-state index in [2.05, 4.69) is 112 Å². The maximum atomic E-state index is 11.2. The van der Waals surface area contributed by atoms with Gasteiger partial charge in [0.1, 0.15) is 0 Å². The summed E-state index contributed by atoms with van der Waals surface area (Å²) in [6.07, 6.45) is 3.50. The molecule has 0 aliphatic carbocycles. The van der Waals surface area contributed by atoms with Gasteiger partial charge in [-0.05, 0) is 77.2 Å². The summed E-state index contributed by atoms with van der Waals surface area (Å²) in [7, 11) is 0. The van der Waals surface area contributed by atoms with E-state index in [0.717, 1.165) is 23.2 Å². The van der Waals surface area contributed by atoms with Crippen LogP contribution in [-0.4, -0.2) is 15.9 Å². The fourth-order valence-electron chi connectivity index (χ4n) is 6.05. The predicted molar refractivity (Wildman–Crippen MR) is 199 cm³/mol. The Hall–Kier alpha value is -3.50. The maximum absolute atomic E-state index is 11.2. The zero-order chi connectivity index (χ0) is 33.7. The minimum atomic E-state index is 0. The quantitative estimate of drug-likeness (QED) is 0.0943. The van der Waals surface area contributed by atoms with Gasteiger partial charge in [0.15, 0.2) is 5.78 Å². The third-order valence-corrected chi connectivity index (χ3v) is 9.17. The van der Waals surface area contributed by atoms with Gasteiger partial charge >= 0.3 is 0 Å². The van der Waals surface area contributed by atoms with Gasteiger partial charge in [-0.1, -0.05) is 112 Å². The molecular formula is C43H46IrNO2S-. The number of fused-ring (bicyclic) bond motifs is 6. The average molecular weight is 833 g/mol. The van der Waals surface area contributed by atoms with E-state index in [1.807, 2.05) is 39.5 Å². The monoisotopic (exact) mass is 833 g/mol. The first-order valence-electron chi connectivity index (χ1n) is 16.7. The number of hydrogen-bond donors (Lipinski definition) is 1. The Balaban J connectivity index is 0.000000319. The van der Waals surface area contributed by atoms with Crippen LogP contribution in [0, 0.1) is 30.7 Å². The number of rotatable bonds is 8. The van der Waals surface area contributed by atoms with E-state index in [1.54, 1.807) is 0 Å². The van der Waals surface area contributed by atoms with Crippen molar-refractivity contribution in [2.45, 2.75) is 77.5 Å². The molecule has 0 amide bonds. The van der Waals surface area contributed by atoms with Crippen LogP contribution in [0.2, 0.25) is 0 Å². The molecule has 48 heavy (non-hydrogen) atoms. The molecular weight excluding hydrogens is 787 g/mol. The largest absolute Gasteiger partial charge is 0.512 e. The second-order valence-corrected chi connectivity index (χ2v) is 14.9. The number of aryl methyl sites for hydroxylation is 1. The van der Waals surface area contributed by atoms with Crippen molar-refractivity contribution in [3.63, 3.8) is 0 Å².